The van der Waals surface area contributed by atoms with Crippen LogP contribution in [0.25, 0.3) is 6.08 Å². The van der Waals surface area contributed by atoms with E-state index in [1.165, 1.54) is 6.08 Å². The highest BCUT2D eigenvalue weighted by Gasteiger charge is 2.01. The molecule has 2 aromatic carbocycles. The van der Waals surface area contributed by atoms with Gasteiger partial charge in [0, 0.05) is 17.8 Å². The van der Waals surface area contributed by atoms with Crippen LogP contribution < -0.4 is 14.8 Å². The number of carbonyl (C=O) groups is 1. The van der Waals surface area contributed by atoms with Gasteiger partial charge in [-0.3, -0.25) is 4.79 Å². The Morgan fingerprint density at radius 2 is 1.75 bits per heavy atom. The van der Waals surface area contributed by atoms with E-state index >= 15 is 0 Å². The number of hydrogen-bond acceptors (Lipinski definition) is 4. The highest BCUT2D eigenvalue weighted by molar-refractivity contribution is 6.01. The lowest BCUT2D eigenvalue weighted by atomic mass is 10.1. The maximum atomic E-state index is 12.0. The van der Waals surface area contributed by atoms with Gasteiger partial charge in [0.05, 0.1) is 26.7 Å². The Bertz CT molecular complexity index is 752. The molecule has 0 atom stereocenters. The lowest BCUT2D eigenvalue weighted by Crippen LogP contribution is -2.07. The van der Waals surface area contributed by atoms with E-state index in [0.29, 0.717) is 23.6 Å². The molecule has 1 amide bonds. The Morgan fingerprint density at radius 3 is 2.29 bits per heavy atom. The summed E-state index contributed by atoms with van der Waals surface area (Å²) in [5, 5.41) is 11.4. The van der Waals surface area contributed by atoms with Crippen LogP contribution in [0.4, 0.5) is 5.69 Å². The normalized spacial score (nSPS) is 10.2. The van der Waals surface area contributed by atoms with Crippen LogP contribution in [0.5, 0.6) is 11.5 Å². The summed E-state index contributed by atoms with van der Waals surface area (Å²) in [5.74, 6) is 1.06. The fourth-order valence-electron chi connectivity index (χ4n) is 2.08. The van der Waals surface area contributed by atoms with E-state index in [1.54, 1.807) is 38.5 Å². The van der Waals surface area contributed by atoms with Crippen LogP contribution in [0.1, 0.15) is 11.1 Å². The molecule has 0 aliphatic rings. The Balaban J connectivity index is 2.03. The second kappa shape index (κ2) is 8.39. The van der Waals surface area contributed by atoms with Crippen molar-refractivity contribution in [3.8, 4) is 17.6 Å². The van der Waals surface area contributed by atoms with Crippen LogP contribution >= 0.6 is 0 Å². The summed E-state index contributed by atoms with van der Waals surface area (Å²) in [6, 6.07) is 14.6. The van der Waals surface area contributed by atoms with Gasteiger partial charge in [-0.15, -0.1) is 0 Å². The number of ether oxygens (including phenoxy) is 2. The number of carbonyl (C=O) groups excluding carboxylic acids is 1. The van der Waals surface area contributed by atoms with Gasteiger partial charge in [-0.1, -0.05) is 12.1 Å². The van der Waals surface area contributed by atoms with E-state index < -0.39 is 0 Å². The molecule has 0 unspecified atom stereocenters. The predicted molar refractivity (Wildman–Crippen MR) is 93.0 cm³/mol. The molecule has 5 heteroatoms. The van der Waals surface area contributed by atoms with Gasteiger partial charge in [-0.25, -0.2) is 0 Å². The van der Waals surface area contributed by atoms with E-state index in [4.69, 9.17) is 14.7 Å². The standard InChI is InChI=1S/C19H18N2O3/c1-23-17-11-15(12-18(13-17)24-2)5-8-19(22)21-16-6-3-14(4-7-16)9-10-20/h3-8,11-13H,9H2,1-2H3,(H,21,22)/b8-5+. The summed E-state index contributed by atoms with van der Waals surface area (Å²) in [6.07, 6.45) is 3.48. The van der Waals surface area contributed by atoms with Gasteiger partial charge >= 0.3 is 0 Å². The summed E-state index contributed by atoms with van der Waals surface area (Å²) in [7, 11) is 3.15. The van der Waals surface area contributed by atoms with Crippen molar-refractivity contribution in [1.29, 1.82) is 5.26 Å². The molecular weight excluding hydrogens is 304 g/mol. The summed E-state index contributed by atoms with van der Waals surface area (Å²) >= 11 is 0. The van der Waals surface area contributed by atoms with Gasteiger partial charge in [0.1, 0.15) is 11.5 Å². The third kappa shape index (κ3) is 4.89. The number of nitrogens with zero attached hydrogens (tertiary/aromatic N) is 1. The first kappa shape index (κ1) is 17.1. The molecule has 2 rings (SSSR count). The smallest absolute Gasteiger partial charge is 0.248 e. The van der Waals surface area contributed by atoms with Crippen molar-refractivity contribution in [1.82, 2.24) is 0 Å². The number of benzene rings is 2. The average Bonchev–Trinajstić information content (AvgIpc) is 2.61. The second-order valence-electron chi connectivity index (χ2n) is 5.00. The first-order chi connectivity index (χ1) is 11.6. The first-order valence-electron chi connectivity index (χ1n) is 7.32. The number of amides is 1. The third-order valence-corrected chi connectivity index (χ3v) is 3.31. The van der Waals surface area contributed by atoms with E-state index in [-0.39, 0.29) is 5.91 Å². The molecule has 0 aliphatic carbocycles. The highest BCUT2D eigenvalue weighted by Crippen LogP contribution is 2.23. The molecule has 0 radical (unpaired) electrons. The number of nitriles is 1. The molecule has 0 aliphatic heterocycles. The Morgan fingerprint density at radius 1 is 1.12 bits per heavy atom. The summed E-state index contributed by atoms with van der Waals surface area (Å²) < 4.78 is 10.4. The maximum Gasteiger partial charge on any atom is 0.248 e. The minimum absolute atomic E-state index is 0.246. The lowest BCUT2D eigenvalue weighted by molar-refractivity contribution is -0.111. The SMILES string of the molecule is COc1cc(/C=C/C(=O)Nc2ccc(CC#N)cc2)cc(OC)c1. The van der Waals surface area contributed by atoms with Crippen molar-refractivity contribution in [2.75, 3.05) is 19.5 Å². The monoisotopic (exact) mass is 322 g/mol. The number of rotatable bonds is 6. The van der Waals surface area contributed by atoms with Crippen molar-refractivity contribution in [2.45, 2.75) is 6.42 Å². The quantitative estimate of drug-likeness (QED) is 0.827. The average molecular weight is 322 g/mol. The Hall–Kier alpha value is -3.26. The zero-order valence-electron chi connectivity index (χ0n) is 13.6. The lowest BCUT2D eigenvalue weighted by Gasteiger charge is -2.06. The van der Waals surface area contributed by atoms with Gasteiger partial charge in [0.2, 0.25) is 5.91 Å². The number of methoxy groups -OCH3 is 2. The molecule has 0 saturated heterocycles. The van der Waals surface area contributed by atoms with E-state index in [1.807, 2.05) is 24.3 Å². The predicted octanol–water partition coefficient (Wildman–Crippen LogP) is 3.42. The fraction of sp³-hybridized carbons (Fsp3) is 0.158. The van der Waals surface area contributed by atoms with Crippen LogP contribution in [-0.2, 0) is 11.2 Å². The molecule has 0 bridgehead atoms. The maximum absolute atomic E-state index is 12.0. The van der Waals surface area contributed by atoms with Gasteiger partial charge in [-0.2, -0.15) is 5.26 Å². The van der Waals surface area contributed by atoms with Crippen molar-refractivity contribution < 1.29 is 14.3 Å². The second-order valence-corrected chi connectivity index (χ2v) is 5.00. The molecule has 122 valence electrons. The zero-order valence-corrected chi connectivity index (χ0v) is 13.6. The third-order valence-electron chi connectivity index (χ3n) is 3.31. The summed E-state index contributed by atoms with van der Waals surface area (Å²) in [4.78, 5) is 12.0. The molecular formula is C19H18N2O3. The largest absolute Gasteiger partial charge is 0.497 e. The minimum Gasteiger partial charge on any atom is -0.497 e. The van der Waals surface area contributed by atoms with E-state index in [0.717, 1.165) is 11.1 Å². The van der Waals surface area contributed by atoms with Gasteiger partial charge in [0.15, 0.2) is 0 Å². The van der Waals surface area contributed by atoms with Crippen molar-refractivity contribution in [2.24, 2.45) is 0 Å². The van der Waals surface area contributed by atoms with Crippen LogP contribution in [-0.4, -0.2) is 20.1 Å². The minimum atomic E-state index is -0.246. The summed E-state index contributed by atoms with van der Waals surface area (Å²) in [5.41, 5.74) is 2.38. The number of hydrogen-bond donors (Lipinski definition) is 1. The molecule has 0 saturated carbocycles. The molecule has 2 aromatic rings. The number of nitrogens with one attached hydrogen (secondary N) is 1. The topological polar surface area (TPSA) is 71.3 Å². The molecule has 5 nitrogen and oxygen atoms in total. The Labute approximate surface area is 141 Å². The van der Waals surface area contributed by atoms with Crippen LogP contribution in [0.15, 0.2) is 48.5 Å². The molecule has 0 aromatic heterocycles. The van der Waals surface area contributed by atoms with Crippen LogP contribution in [0, 0.1) is 11.3 Å². The van der Waals surface area contributed by atoms with E-state index in [2.05, 4.69) is 11.4 Å². The van der Waals surface area contributed by atoms with Crippen molar-refractivity contribution >= 4 is 17.7 Å². The molecule has 0 spiro atoms. The van der Waals surface area contributed by atoms with Crippen LogP contribution in [0.2, 0.25) is 0 Å². The molecule has 1 N–H and O–H groups in total. The zero-order chi connectivity index (χ0) is 17.4. The molecule has 24 heavy (non-hydrogen) atoms. The van der Waals surface area contributed by atoms with Gasteiger partial charge in [0.25, 0.3) is 0 Å². The highest BCUT2D eigenvalue weighted by atomic mass is 16.5. The Kier molecular flexibility index (Phi) is 5.98. The van der Waals surface area contributed by atoms with E-state index in [9.17, 15) is 4.79 Å². The summed E-state index contributed by atoms with van der Waals surface area (Å²) in [6.45, 7) is 0. The fourth-order valence-corrected chi connectivity index (χ4v) is 2.08. The number of anilines is 1. The van der Waals surface area contributed by atoms with Gasteiger partial charge in [-0.05, 0) is 41.5 Å². The molecule has 0 fully saturated rings. The van der Waals surface area contributed by atoms with Crippen molar-refractivity contribution in [3.05, 3.63) is 59.7 Å². The first-order valence-corrected chi connectivity index (χ1v) is 7.32. The van der Waals surface area contributed by atoms with Gasteiger partial charge < -0.3 is 14.8 Å². The van der Waals surface area contributed by atoms with Crippen molar-refractivity contribution in [3.63, 3.8) is 0 Å². The van der Waals surface area contributed by atoms with Crippen LogP contribution in [0.3, 0.4) is 0 Å². The molecule has 0 heterocycles.